The summed E-state index contributed by atoms with van der Waals surface area (Å²) in [6.45, 7) is 0. The molecule has 1 aromatic rings. The van der Waals surface area contributed by atoms with E-state index in [1.165, 1.54) is 6.08 Å². The molecule has 1 aromatic carbocycles. The first kappa shape index (κ1) is 13.8. The molecule has 0 saturated heterocycles. The third-order valence-electron chi connectivity index (χ3n) is 3.01. The van der Waals surface area contributed by atoms with Gasteiger partial charge < -0.3 is 15.5 Å². The van der Waals surface area contributed by atoms with Gasteiger partial charge in [0.1, 0.15) is 0 Å². The molecule has 1 amide bonds. The number of carboxylic acids is 2. The van der Waals surface area contributed by atoms with Crippen LogP contribution in [0.15, 0.2) is 18.2 Å². The summed E-state index contributed by atoms with van der Waals surface area (Å²) in [6.07, 6.45) is 3.03. The lowest BCUT2D eigenvalue weighted by atomic mass is 9.94. The van der Waals surface area contributed by atoms with E-state index in [0.29, 0.717) is 29.7 Å². The fourth-order valence-corrected chi connectivity index (χ4v) is 2.12. The summed E-state index contributed by atoms with van der Waals surface area (Å²) in [7, 11) is 0. The van der Waals surface area contributed by atoms with Crippen molar-refractivity contribution in [1.29, 1.82) is 0 Å². The van der Waals surface area contributed by atoms with Crippen molar-refractivity contribution in [1.82, 2.24) is 0 Å². The molecule has 2 rings (SSSR count). The fourth-order valence-electron chi connectivity index (χ4n) is 2.12. The van der Waals surface area contributed by atoms with Gasteiger partial charge in [-0.3, -0.25) is 9.59 Å². The number of benzene rings is 1. The van der Waals surface area contributed by atoms with Crippen LogP contribution in [0.25, 0.3) is 6.08 Å². The lowest BCUT2D eigenvalue weighted by molar-refractivity contribution is -0.136. The molecule has 1 heterocycles. The molecule has 1 aliphatic rings. The van der Waals surface area contributed by atoms with Crippen molar-refractivity contribution in [2.24, 2.45) is 0 Å². The lowest BCUT2D eigenvalue weighted by Crippen LogP contribution is -2.19. The van der Waals surface area contributed by atoms with Crippen molar-refractivity contribution in [2.45, 2.75) is 19.3 Å². The van der Waals surface area contributed by atoms with Crippen LogP contribution >= 0.6 is 0 Å². The maximum Gasteiger partial charge on any atom is 0.328 e. The predicted octanol–water partition coefficient (Wildman–Crippen LogP) is 1.30. The van der Waals surface area contributed by atoms with E-state index >= 15 is 0 Å². The minimum Gasteiger partial charge on any atom is -0.481 e. The Morgan fingerprint density at radius 1 is 1.25 bits per heavy atom. The predicted molar refractivity (Wildman–Crippen MR) is 71.4 cm³/mol. The van der Waals surface area contributed by atoms with E-state index in [-0.39, 0.29) is 12.3 Å². The van der Waals surface area contributed by atoms with Crippen LogP contribution in [-0.2, 0) is 27.2 Å². The Balaban J connectivity index is 2.45. The Kier molecular flexibility index (Phi) is 3.84. The molecular weight excluding hydrogens is 262 g/mol. The van der Waals surface area contributed by atoms with Gasteiger partial charge in [0, 0.05) is 18.2 Å². The van der Waals surface area contributed by atoms with Gasteiger partial charge in [-0.2, -0.15) is 0 Å². The molecule has 6 heteroatoms. The van der Waals surface area contributed by atoms with Crippen molar-refractivity contribution < 1.29 is 24.6 Å². The van der Waals surface area contributed by atoms with E-state index < -0.39 is 11.9 Å². The average Bonchev–Trinajstić information content (AvgIpc) is 2.35. The highest BCUT2D eigenvalue weighted by atomic mass is 16.4. The Morgan fingerprint density at radius 3 is 2.65 bits per heavy atom. The van der Waals surface area contributed by atoms with Crippen LogP contribution in [0.2, 0.25) is 0 Å². The second-order valence-corrected chi connectivity index (χ2v) is 4.50. The number of rotatable bonds is 4. The van der Waals surface area contributed by atoms with E-state index in [2.05, 4.69) is 5.32 Å². The second kappa shape index (κ2) is 5.56. The number of aliphatic carboxylic acids is 2. The molecule has 20 heavy (non-hydrogen) atoms. The summed E-state index contributed by atoms with van der Waals surface area (Å²) >= 11 is 0. The maximum atomic E-state index is 11.3. The van der Waals surface area contributed by atoms with Gasteiger partial charge in [-0.1, -0.05) is 0 Å². The molecule has 6 nitrogen and oxygen atoms in total. The first-order valence-corrected chi connectivity index (χ1v) is 6.04. The largest absolute Gasteiger partial charge is 0.481 e. The lowest BCUT2D eigenvalue weighted by Gasteiger charge is -2.19. The van der Waals surface area contributed by atoms with E-state index in [1.807, 2.05) is 0 Å². The number of carboxylic acid groups (broad SMARTS) is 2. The highest BCUT2D eigenvalue weighted by Crippen LogP contribution is 2.27. The Labute approximate surface area is 114 Å². The van der Waals surface area contributed by atoms with Gasteiger partial charge in [0.05, 0.1) is 6.42 Å². The Bertz CT molecular complexity index is 618. The summed E-state index contributed by atoms with van der Waals surface area (Å²) < 4.78 is 0. The number of hydrogen-bond acceptors (Lipinski definition) is 3. The molecule has 104 valence electrons. The van der Waals surface area contributed by atoms with Gasteiger partial charge in [0.2, 0.25) is 5.91 Å². The Hall–Kier alpha value is -2.63. The second-order valence-electron chi connectivity index (χ2n) is 4.50. The van der Waals surface area contributed by atoms with Crippen LogP contribution in [0.1, 0.15) is 23.1 Å². The molecule has 0 bridgehead atoms. The van der Waals surface area contributed by atoms with Gasteiger partial charge in [-0.25, -0.2) is 4.79 Å². The number of carbonyl (C=O) groups excluding carboxylic acids is 1. The number of hydrogen-bond donors (Lipinski definition) is 3. The fraction of sp³-hybridized carbons (Fsp3) is 0.214. The third-order valence-corrected chi connectivity index (χ3v) is 3.01. The van der Waals surface area contributed by atoms with Crippen LogP contribution in [0, 0.1) is 0 Å². The number of amides is 1. The summed E-state index contributed by atoms with van der Waals surface area (Å²) in [5, 5.41) is 20.3. The normalized spacial score (nSPS) is 13.9. The number of nitrogens with one attached hydrogen (secondary N) is 1. The summed E-state index contributed by atoms with van der Waals surface area (Å²) in [4.78, 5) is 32.8. The van der Waals surface area contributed by atoms with Crippen molar-refractivity contribution in [3.63, 3.8) is 0 Å². The molecular formula is C14H13NO5. The van der Waals surface area contributed by atoms with Crippen LogP contribution in [0.4, 0.5) is 5.69 Å². The van der Waals surface area contributed by atoms with Gasteiger partial charge in [0.15, 0.2) is 0 Å². The van der Waals surface area contributed by atoms with Crippen molar-refractivity contribution in [3.8, 4) is 0 Å². The van der Waals surface area contributed by atoms with Crippen molar-refractivity contribution in [3.05, 3.63) is 34.9 Å². The minimum absolute atomic E-state index is 0.104. The SMILES string of the molecule is O=C(O)/C=C/c1cc2c(cc1CC(=O)O)NC(=O)CC2. The molecule has 0 atom stereocenters. The smallest absolute Gasteiger partial charge is 0.328 e. The average molecular weight is 275 g/mol. The van der Waals surface area contributed by atoms with Crippen LogP contribution in [0.3, 0.4) is 0 Å². The molecule has 0 unspecified atom stereocenters. The van der Waals surface area contributed by atoms with E-state index in [4.69, 9.17) is 10.2 Å². The van der Waals surface area contributed by atoms with Crippen molar-refractivity contribution >= 4 is 29.6 Å². The van der Waals surface area contributed by atoms with Gasteiger partial charge in [-0.15, -0.1) is 0 Å². The number of aryl methyl sites for hydroxylation is 1. The summed E-state index contributed by atoms with van der Waals surface area (Å²) in [5.74, 6) is -2.22. The van der Waals surface area contributed by atoms with E-state index in [1.54, 1.807) is 12.1 Å². The third kappa shape index (κ3) is 3.23. The molecule has 1 aliphatic heterocycles. The number of anilines is 1. The summed E-state index contributed by atoms with van der Waals surface area (Å²) in [5.41, 5.74) is 2.49. The monoisotopic (exact) mass is 275 g/mol. The molecule has 0 saturated carbocycles. The highest BCUT2D eigenvalue weighted by Gasteiger charge is 2.17. The Morgan fingerprint density at radius 2 is 2.00 bits per heavy atom. The minimum atomic E-state index is -1.10. The maximum absolute atomic E-state index is 11.3. The molecule has 0 aromatic heterocycles. The van der Waals surface area contributed by atoms with E-state index in [9.17, 15) is 14.4 Å². The van der Waals surface area contributed by atoms with Crippen molar-refractivity contribution in [2.75, 3.05) is 5.32 Å². The van der Waals surface area contributed by atoms with Crippen LogP contribution in [0.5, 0.6) is 0 Å². The zero-order valence-corrected chi connectivity index (χ0v) is 10.5. The van der Waals surface area contributed by atoms with E-state index in [0.717, 1.165) is 11.6 Å². The quantitative estimate of drug-likeness (QED) is 0.718. The molecule has 0 fully saturated rings. The first-order valence-electron chi connectivity index (χ1n) is 6.04. The van der Waals surface area contributed by atoms with Crippen LogP contribution in [-0.4, -0.2) is 28.1 Å². The highest BCUT2D eigenvalue weighted by molar-refractivity contribution is 5.95. The molecule has 0 aliphatic carbocycles. The van der Waals surface area contributed by atoms with Crippen LogP contribution < -0.4 is 5.32 Å². The van der Waals surface area contributed by atoms with Gasteiger partial charge in [0.25, 0.3) is 0 Å². The first-order chi connectivity index (χ1) is 9.45. The van der Waals surface area contributed by atoms with Gasteiger partial charge in [-0.05, 0) is 41.3 Å². The molecule has 3 N–H and O–H groups in total. The zero-order valence-electron chi connectivity index (χ0n) is 10.5. The standard InChI is InChI=1S/C14H13NO5/c16-12-3-1-9-5-8(2-4-13(17)18)10(7-14(19)20)6-11(9)15-12/h2,4-6H,1,3,7H2,(H,15,16)(H,17,18)(H,19,20)/b4-2+. The topological polar surface area (TPSA) is 104 Å². The number of carbonyl (C=O) groups is 3. The molecule has 0 spiro atoms. The molecule has 0 radical (unpaired) electrons. The number of fused-ring (bicyclic) bond motifs is 1. The summed E-state index contributed by atoms with van der Waals surface area (Å²) in [6, 6.07) is 3.33. The zero-order chi connectivity index (χ0) is 14.7. The van der Waals surface area contributed by atoms with Gasteiger partial charge >= 0.3 is 11.9 Å².